The van der Waals surface area contributed by atoms with Gasteiger partial charge in [-0.25, -0.2) is 0 Å². The molecule has 2 amide bonds. The number of benzene rings is 2. The van der Waals surface area contributed by atoms with E-state index in [2.05, 4.69) is 10.2 Å². The normalized spacial score (nSPS) is 14.5. The predicted octanol–water partition coefficient (Wildman–Crippen LogP) is 4.30. The van der Waals surface area contributed by atoms with Crippen molar-refractivity contribution in [1.82, 2.24) is 0 Å². The predicted molar refractivity (Wildman–Crippen MR) is 115 cm³/mol. The van der Waals surface area contributed by atoms with Crippen LogP contribution < -0.4 is 15.1 Å². The summed E-state index contributed by atoms with van der Waals surface area (Å²) in [4.78, 5) is 29.6. The molecule has 5 nitrogen and oxygen atoms in total. The molecule has 0 saturated carbocycles. The molecular weight excluding hydrogens is 350 g/mol. The topological polar surface area (TPSA) is 52.7 Å². The van der Waals surface area contributed by atoms with Crippen molar-refractivity contribution in [3.8, 4) is 0 Å². The molecule has 0 atom stereocenters. The average molecular weight is 380 g/mol. The Labute approximate surface area is 167 Å². The van der Waals surface area contributed by atoms with Crippen LogP contribution in [0.15, 0.2) is 54.6 Å². The number of rotatable bonds is 5. The molecule has 1 fully saturated rings. The van der Waals surface area contributed by atoms with Gasteiger partial charge >= 0.3 is 0 Å². The Balaban J connectivity index is 1.66. The number of anilines is 3. The van der Waals surface area contributed by atoms with Crippen molar-refractivity contribution >= 4 is 28.9 Å². The number of nitrogens with one attached hydrogen (secondary N) is 1. The number of hydrogen-bond donors (Lipinski definition) is 1. The van der Waals surface area contributed by atoms with Crippen LogP contribution in [0.4, 0.5) is 17.1 Å². The van der Waals surface area contributed by atoms with Gasteiger partial charge in [-0.05, 0) is 69.5 Å². The van der Waals surface area contributed by atoms with Crippen molar-refractivity contribution in [3.05, 3.63) is 54.6 Å². The van der Waals surface area contributed by atoms with Gasteiger partial charge < -0.3 is 15.1 Å². The van der Waals surface area contributed by atoms with E-state index in [0.717, 1.165) is 18.8 Å². The molecule has 3 rings (SSSR count). The molecule has 1 aliphatic heterocycles. The zero-order chi connectivity index (χ0) is 20.1. The monoisotopic (exact) mass is 379 g/mol. The number of hydrogen-bond acceptors (Lipinski definition) is 3. The van der Waals surface area contributed by atoms with Gasteiger partial charge in [0.25, 0.3) is 0 Å². The van der Waals surface area contributed by atoms with E-state index < -0.39 is 5.41 Å². The number of piperidine rings is 1. The van der Waals surface area contributed by atoms with Crippen molar-refractivity contribution in [2.75, 3.05) is 35.3 Å². The van der Waals surface area contributed by atoms with Crippen molar-refractivity contribution < 1.29 is 9.59 Å². The van der Waals surface area contributed by atoms with E-state index in [1.807, 2.05) is 54.6 Å². The maximum absolute atomic E-state index is 12.9. The highest BCUT2D eigenvalue weighted by Crippen LogP contribution is 2.26. The summed E-state index contributed by atoms with van der Waals surface area (Å²) in [5, 5.41) is 2.89. The Morgan fingerprint density at radius 1 is 0.929 bits per heavy atom. The van der Waals surface area contributed by atoms with Gasteiger partial charge in [-0.2, -0.15) is 0 Å². The van der Waals surface area contributed by atoms with Crippen LogP contribution in [0, 0.1) is 5.41 Å². The summed E-state index contributed by atoms with van der Waals surface area (Å²) in [6.45, 7) is 5.48. The lowest BCUT2D eigenvalue weighted by Crippen LogP contribution is -2.46. The minimum absolute atomic E-state index is 0.249. The molecule has 28 heavy (non-hydrogen) atoms. The van der Waals surface area contributed by atoms with Gasteiger partial charge in [0, 0.05) is 37.2 Å². The molecular formula is C23H29N3O2. The highest BCUT2D eigenvalue weighted by atomic mass is 16.2. The molecule has 2 aromatic carbocycles. The van der Waals surface area contributed by atoms with Crippen molar-refractivity contribution in [1.29, 1.82) is 0 Å². The second-order valence-corrected chi connectivity index (χ2v) is 7.87. The second-order valence-electron chi connectivity index (χ2n) is 7.87. The van der Waals surface area contributed by atoms with Gasteiger partial charge in [0.2, 0.25) is 11.8 Å². The van der Waals surface area contributed by atoms with E-state index in [4.69, 9.17) is 0 Å². The average Bonchev–Trinajstić information content (AvgIpc) is 2.74. The minimum atomic E-state index is -1.18. The van der Waals surface area contributed by atoms with Crippen molar-refractivity contribution in [3.63, 3.8) is 0 Å². The molecule has 2 aromatic rings. The quantitative estimate of drug-likeness (QED) is 0.788. The minimum Gasteiger partial charge on any atom is -0.372 e. The number of carbonyl (C=O) groups is 2. The lowest BCUT2D eigenvalue weighted by Gasteiger charge is -2.29. The summed E-state index contributed by atoms with van der Waals surface area (Å²) in [6, 6.07) is 17.2. The number of carbonyl (C=O) groups excluding carboxylic acids is 2. The van der Waals surface area contributed by atoms with Crippen LogP contribution in [-0.2, 0) is 9.59 Å². The molecule has 0 bridgehead atoms. The molecule has 0 aromatic heterocycles. The molecule has 148 valence electrons. The Bertz CT molecular complexity index is 810. The third-order valence-electron chi connectivity index (χ3n) is 5.40. The highest BCUT2D eigenvalue weighted by Gasteiger charge is 2.38. The molecule has 0 radical (unpaired) electrons. The SMILES string of the molecule is CN(C(=O)C(C)(C)C(=O)Nc1ccc(N2CCCCC2)cc1)c1ccccc1. The van der Waals surface area contributed by atoms with Gasteiger partial charge in [-0.1, -0.05) is 18.2 Å². The maximum Gasteiger partial charge on any atom is 0.241 e. The van der Waals surface area contributed by atoms with Gasteiger partial charge in [0.05, 0.1) is 0 Å². The second kappa shape index (κ2) is 8.46. The third-order valence-corrected chi connectivity index (χ3v) is 5.40. The van der Waals surface area contributed by atoms with Crippen LogP contribution in [-0.4, -0.2) is 32.0 Å². The van der Waals surface area contributed by atoms with Crippen LogP contribution in [0.1, 0.15) is 33.1 Å². The summed E-state index contributed by atoms with van der Waals surface area (Å²) < 4.78 is 0. The Morgan fingerprint density at radius 3 is 2.14 bits per heavy atom. The first-order valence-electron chi connectivity index (χ1n) is 9.89. The lowest BCUT2D eigenvalue weighted by atomic mass is 9.90. The standard InChI is InChI=1S/C23H29N3O2/c1-23(2,22(28)25(3)19-10-6-4-7-11-19)21(27)24-18-12-14-20(15-13-18)26-16-8-5-9-17-26/h4,6-7,10-15H,5,8-9,16-17H2,1-3H3,(H,24,27). The fourth-order valence-corrected chi connectivity index (χ4v) is 3.48. The van der Waals surface area contributed by atoms with E-state index in [1.165, 1.54) is 29.8 Å². The van der Waals surface area contributed by atoms with Gasteiger partial charge in [-0.15, -0.1) is 0 Å². The molecule has 1 heterocycles. The Kier molecular flexibility index (Phi) is 6.02. The lowest BCUT2D eigenvalue weighted by molar-refractivity contribution is -0.136. The number of para-hydroxylation sites is 1. The van der Waals surface area contributed by atoms with E-state index in [0.29, 0.717) is 5.69 Å². The largest absolute Gasteiger partial charge is 0.372 e. The fourth-order valence-electron chi connectivity index (χ4n) is 3.48. The first-order valence-corrected chi connectivity index (χ1v) is 9.89. The Hall–Kier alpha value is -2.82. The number of amides is 2. The zero-order valence-electron chi connectivity index (χ0n) is 16.9. The first kappa shape index (κ1) is 19.9. The summed E-state index contributed by atoms with van der Waals surface area (Å²) in [6.07, 6.45) is 3.75. The summed E-state index contributed by atoms with van der Waals surface area (Å²) >= 11 is 0. The summed E-state index contributed by atoms with van der Waals surface area (Å²) in [7, 11) is 1.69. The molecule has 0 aliphatic carbocycles. The highest BCUT2D eigenvalue weighted by molar-refractivity contribution is 6.14. The number of nitrogens with zero attached hydrogens (tertiary/aromatic N) is 2. The first-order chi connectivity index (χ1) is 13.4. The maximum atomic E-state index is 12.9. The molecule has 1 N–H and O–H groups in total. The van der Waals surface area contributed by atoms with Crippen LogP contribution in [0.25, 0.3) is 0 Å². The van der Waals surface area contributed by atoms with E-state index in [1.54, 1.807) is 20.9 Å². The van der Waals surface area contributed by atoms with Crippen LogP contribution in [0.2, 0.25) is 0 Å². The third kappa shape index (κ3) is 4.35. The smallest absolute Gasteiger partial charge is 0.241 e. The summed E-state index contributed by atoms with van der Waals surface area (Å²) in [5.74, 6) is -0.563. The van der Waals surface area contributed by atoms with E-state index >= 15 is 0 Å². The van der Waals surface area contributed by atoms with Crippen LogP contribution in [0.3, 0.4) is 0 Å². The fraction of sp³-hybridized carbons (Fsp3) is 0.391. The van der Waals surface area contributed by atoms with Crippen LogP contribution in [0.5, 0.6) is 0 Å². The van der Waals surface area contributed by atoms with Crippen molar-refractivity contribution in [2.24, 2.45) is 5.41 Å². The van der Waals surface area contributed by atoms with E-state index in [-0.39, 0.29) is 11.8 Å². The van der Waals surface area contributed by atoms with E-state index in [9.17, 15) is 9.59 Å². The van der Waals surface area contributed by atoms with Gasteiger partial charge in [0.15, 0.2) is 0 Å². The molecule has 1 saturated heterocycles. The Morgan fingerprint density at radius 2 is 1.54 bits per heavy atom. The van der Waals surface area contributed by atoms with Gasteiger partial charge in [-0.3, -0.25) is 9.59 Å². The molecule has 5 heteroatoms. The molecule has 1 aliphatic rings. The van der Waals surface area contributed by atoms with Crippen molar-refractivity contribution in [2.45, 2.75) is 33.1 Å². The zero-order valence-corrected chi connectivity index (χ0v) is 16.9. The van der Waals surface area contributed by atoms with Crippen LogP contribution >= 0.6 is 0 Å². The molecule has 0 unspecified atom stereocenters. The molecule has 0 spiro atoms. The summed E-state index contributed by atoms with van der Waals surface area (Å²) in [5.41, 5.74) is 1.46. The van der Waals surface area contributed by atoms with Gasteiger partial charge in [0.1, 0.15) is 5.41 Å².